The Kier molecular flexibility index (Phi) is 8.53. The number of amides is 1. The van der Waals surface area contributed by atoms with Crippen LogP contribution in [-0.2, 0) is 21.4 Å². The number of carbonyl (C=O) groups excluding carboxylic acids is 1. The number of hydrogen-bond acceptors (Lipinski definition) is 5. The van der Waals surface area contributed by atoms with Gasteiger partial charge in [0.15, 0.2) is 0 Å². The number of hydrogen-bond donors (Lipinski definition) is 1. The molecule has 0 saturated carbocycles. The molecule has 0 atom stereocenters. The van der Waals surface area contributed by atoms with Gasteiger partial charge in [0.2, 0.25) is 5.91 Å². The molecule has 9 heteroatoms. The van der Waals surface area contributed by atoms with E-state index in [0.29, 0.717) is 0 Å². The Morgan fingerprint density at radius 3 is 2.33 bits per heavy atom. The predicted octanol–water partition coefficient (Wildman–Crippen LogP) is 5.05. The number of piperidine rings is 1. The van der Waals surface area contributed by atoms with E-state index in [4.69, 9.17) is 0 Å². The van der Waals surface area contributed by atoms with Crippen molar-refractivity contribution in [1.29, 1.82) is 0 Å². The van der Waals surface area contributed by atoms with Crippen LogP contribution in [0.4, 0.5) is 15.8 Å². The first-order valence-electron chi connectivity index (χ1n) is 11.9. The van der Waals surface area contributed by atoms with Crippen molar-refractivity contribution in [3.63, 3.8) is 0 Å². The summed E-state index contributed by atoms with van der Waals surface area (Å²) in [5, 5.41) is 2.80. The zero-order chi connectivity index (χ0) is 25.5. The van der Waals surface area contributed by atoms with Gasteiger partial charge in [0.1, 0.15) is 12.4 Å². The summed E-state index contributed by atoms with van der Waals surface area (Å²) in [6.45, 7) is 1.90. The Morgan fingerprint density at radius 1 is 1.00 bits per heavy atom. The lowest BCUT2D eigenvalue weighted by Gasteiger charge is -2.28. The minimum atomic E-state index is -4.10. The van der Waals surface area contributed by atoms with Gasteiger partial charge in [-0.25, -0.2) is 12.8 Å². The fourth-order valence-corrected chi connectivity index (χ4v) is 6.01. The minimum Gasteiger partial charge on any atom is -0.372 e. The molecule has 1 saturated heterocycles. The van der Waals surface area contributed by atoms with Crippen LogP contribution in [0, 0.1) is 5.82 Å². The highest BCUT2D eigenvalue weighted by Gasteiger charge is 2.27. The van der Waals surface area contributed by atoms with E-state index in [0.717, 1.165) is 33.9 Å². The Bertz CT molecular complexity index is 1280. The van der Waals surface area contributed by atoms with Crippen LogP contribution in [0.2, 0.25) is 0 Å². The largest absolute Gasteiger partial charge is 0.372 e. The summed E-state index contributed by atoms with van der Waals surface area (Å²) in [6, 6.07) is 19.7. The van der Waals surface area contributed by atoms with Gasteiger partial charge in [-0.05, 0) is 85.7 Å². The van der Waals surface area contributed by atoms with Crippen molar-refractivity contribution in [3.05, 3.63) is 84.2 Å². The molecule has 1 aliphatic rings. The zero-order valence-corrected chi connectivity index (χ0v) is 21.8. The third-order valence-corrected chi connectivity index (χ3v) is 8.71. The van der Waals surface area contributed by atoms with Gasteiger partial charge >= 0.3 is 0 Å². The summed E-state index contributed by atoms with van der Waals surface area (Å²) in [5.74, 6) is -1.07. The van der Waals surface area contributed by atoms with E-state index in [1.54, 1.807) is 12.1 Å². The van der Waals surface area contributed by atoms with Crippen LogP contribution in [0.1, 0.15) is 24.8 Å². The molecular formula is C27H30FN3O3S2. The Hall–Kier alpha value is -3.04. The monoisotopic (exact) mass is 527 g/mol. The van der Waals surface area contributed by atoms with Crippen molar-refractivity contribution in [3.8, 4) is 0 Å². The van der Waals surface area contributed by atoms with Crippen molar-refractivity contribution in [2.75, 3.05) is 35.1 Å². The maximum absolute atomic E-state index is 14.0. The van der Waals surface area contributed by atoms with Crippen molar-refractivity contribution in [2.45, 2.75) is 35.6 Å². The quantitative estimate of drug-likeness (QED) is 0.395. The Balaban J connectivity index is 1.47. The molecule has 0 aromatic heterocycles. The van der Waals surface area contributed by atoms with E-state index < -0.39 is 28.3 Å². The predicted molar refractivity (Wildman–Crippen MR) is 144 cm³/mol. The SMILES string of the molecule is CSc1ccc(S(=O)(=O)N(CC(=O)NCc2ccc(N3CCCCC3)cc2)c2cccc(F)c2)cc1. The fraction of sp³-hybridized carbons (Fsp3) is 0.296. The van der Waals surface area contributed by atoms with Gasteiger partial charge in [0.05, 0.1) is 10.6 Å². The highest BCUT2D eigenvalue weighted by molar-refractivity contribution is 7.98. The summed E-state index contributed by atoms with van der Waals surface area (Å²) < 4.78 is 41.8. The number of nitrogens with one attached hydrogen (secondary N) is 1. The topological polar surface area (TPSA) is 69.7 Å². The van der Waals surface area contributed by atoms with Crippen molar-refractivity contribution in [2.24, 2.45) is 0 Å². The first kappa shape index (κ1) is 26.0. The molecule has 1 fully saturated rings. The maximum Gasteiger partial charge on any atom is 0.264 e. The number of halogens is 1. The number of rotatable bonds is 9. The molecule has 3 aromatic carbocycles. The van der Waals surface area contributed by atoms with Gasteiger partial charge in [0, 0.05) is 30.2 Å². The third kappa shape index (κ3) is 6.39. The number of carbonyl (C=O) groups is 1. The smallest absolute Gasteiger partial charge is 0.264 e. The van der Waals surface area contributed by atoms with Gasteiger partial charge in [-0.15, -0.1) is 11.8 Å². The normalized spacial score (nSPS) is 13.9. The molecule has 0 bridgehead atoms. The Labute approximate surface area is 216 Å². The molecule has 1 N–H and O–H groups in total. The molecule has 3 aromatic rings. The van der Waals surface area contributed by atoms with E-state index >= 15 is 0 Å². The molecule has 0 aliphatic carbocycles. The fourth-order valence-electron chi connectivity index (χ4n) is 4.18. The third-order valence-electron chi connectivity index (χ3n) is 6.18. The molecule has 36 heavy (non-hydrogen) atoms. The minimum absolute atomic E-state index is 0.0330. The maximum atomic E-state index is 14.0. The molecule has 0 spiro atoms. The van der Waals surface area contributed by atoms with Crippen LogP contribution in [0.15, 0.2) is 82.6 Å². The lowest BCUT2D eigenvalue weighted by molar-refractivity contribution is -0.119. The molecule has 0 unspecified atom stereocenters. The molecule has 6 nitrogen and oxygen atoms in total. The van der Waals surface area contributed by atoms with E-state index in [2.05, 4.69) is 22.3 Å². The van der Waals surface area contributed by atoms with Crippen LogP contribution in [0.3, 0.4) is 0 Å². The number of anilines is 2. The summed E-state index contributed by atoms with van der Waals surface area (Å²) >= 11 is 1.49. The van der Waals surface area contributed by atoms with Gasteiger partial charge in [-0.3, -0.25) is 9.10 Å². The van der Waals surface area contributed by atoms with Crippen LogP contribution < -0.4 is 14.5 Å². The summed E-state index contributed by atoms with van der Waals surface area (Å²) in [7, 11) is -4.10. The highest BCUT2D eigenvalue weighted by atomic mass is 32.2. The summed E-state index contributed by atoms with van der Waals surface area (Å²) in [4.78, 5) is 16.2. The molecule has 1 heterocycles. The lowest BCUT2D eigenvalue weighted by atomic mass is 10.1. The second-order valence-electron chi connectivity index (χ2n) is 8.66. The van der Waals surface area contributed by atoms with Crippen molar-refractivity contribution >= 4 is 39.1 Å². The van der Waals surface area contributed by atoms with Crippen LogP contribution in [0.5, 0.6) is 0 Å². The highest BCUT2D eigenvalue weighted by Crippen LogP contribution is 2.26. The molecule has 4 rings (SSSR count). The standard InChI is InChI=1S/C27H30FN3O3S2/c1-35-25-12-14-26(15-13-25)36(33,34)31(24-7-5-6-22(28)18-24)20-27(32)29-19-21-8-10-23(11-9-21)30-16-3-2-4-17-30/h5-15,18H,2-4,16-17,19-20H2,1H3,(H,29,32). The zero-order valence-electron chi connectivity index (χ0n) is 20.2. The first-order valence-corrected chi connectivity index (χ1v) is 14.6. The Morgan fingerprint density at radius 2 is 1.69 bits per heavy atom. The molecule has 1 amide bonds. The number of nitrogens with zero attached hydrogens (tertiary/aromatic N) is 2. The van der Waals surface area contributed by atoms with Crippen LogP contribution in [0.25, 0.3) is 0 Å². The second kappa shape index (κ2) is 11.8. The van der Waals surface area contributed by atoms with Gasteiger partial charge in [-0.1, -0.05) is 18.2 Å². The van der Waals surface area contributed by atoms with Crippen LogP contribution >= 0.6 is 11.8 Å². The number of sulfonamides is 1. The number of benzene rings is 3. The van der Waals surface area contributed by atoms with E-state index in [9.17, 15) is 17.6 Å². The second-order valence-corrected chi connectivity index (χ2v) is 11.4. The lowest BCUT2D eigenvalue weighted by Crippen LogP contribution is -2.40. The van der Waals surface area contributed by atoms with Gasteiger partial charge in [-0.2, -0.15) is 0 Å². The molecule has 1 aliphatic heterocycles. The van der Waals surface area contributed by atoms with E-state index in [1.165, 1.54) is 67.0 Å². The van der Waals surface area contributed by atoms with E-state index in [1.807, 2.05) is 18.4 Å². The number of thioether (sulfide) groups is 1. The molecule has 190 valence electrons. The van der Waals surface area contributed by atoms with Crippen molar-refractivity contribution < 1.29 is 17.6 Å². The summed E-state index contributed by atoms with van der Waals surface area (Å²) in [6.07, 6.45) is 5.56. The van der Waals surface area contributed by atoms with E-state index in [-0.39, 0.29) is 17.1 Å². The average molecular weight is 528 g/mol. The van der Waals surface area contributed by atoms with Gasteiger partial charge < -0.3 is 10.2 Å². The molecule has 0 radical (unpaired) electrons. The average Bonchev–Trinajstić information content (AvgIpc) is 2.91. The van der Waals surface area contributed by atoms with Crippen LogP contribution in [-0.4, -0.2) is 40.2 Å². The summed E-state index contributed by atoms with van der Waals surface area (Å²) in [5.41, 5.74) is 2.17. The molecular weight excluding hydrogens is 497 g/mol. The van der Waals surface area contributed by atoms with Crippen molar-refractivity contribution in [1.82, 2.24) is 5.32 Å². The first-order chi connectivity index (χ1) is 17.4. The van der Waals surface area contributed by atoms with Gasteiger partial charge in [0.25, 0.3) is 10.0 Å².